The van der Waals surface area contributed by atoms with Gasteiger partial charge in [-0.3, -0.25) is 9.59 Å². The predicted octanol–water partition coefficient (Wildman–Crippen LogP) is 1.64. The highest BCUT2D eigenvalue weighted by Crippen LogP contribution is 2.21. The van der Waals surface area contributed by atoms with Crippen molar-refractivity contribution in [1.82, 2.24) is 10.2 Å². The molecule has 24 heavy (non-hydrogen) atoms. The Morgan fingerprint density at radius 3 is 2.67 bits per heavy atom. The number of hydrogen-bond acceptors (Lipinski definition) is 5. The number of amides is 2. The number of nitrogens with two attached hydrogens (primary N) is 1. The Bertz CT molecular complexity index is 686. The second-order valence-electron chi connectivity index (χ2n) is 5.50. The molecule has 0 fully saturated rings. The molecule has 0 bridgehead atoms. The van der Waals surface area contributed by atoms with E-state index in [0.29, 0.717) is 17.9 Å². The Kier molecular flexibility index (Phi) is 6.34. The van der Waals surface area contributed by atoms with E-state index in [1.165, 1.54) is 0 Å². The number of carbonyl (C=O) groups excluding carboxylic acids is 2. The van der Waals surface area contributed by atoms with Crippen LogP contribution in [0.4, 0.5) is 0 Å². The maximum absolute atomic E-state index is 12.5. The van der Waals surface area contributed by atoms with Crippen LogP contribution >= 0.6 is 11.3 Å². The van der Waals surface area contributed by atoms with Crippen LogP contribution in [0.5, 0.6) is 5.75 Å². The molecule has 0 aliphatic heterocycles. The first-order valence-electron chi connectivity index (χ1n) is 7.46. The molecule has 1 atom stereocenters. The van der Waals surface area contributed by atoms with Gasteiger partial charge in [0.15, 0.2) is 6.61 Å². The molecule has 1 heterocycles. The first-order valence-corrected chi connectivity index (χ1v) is 8.40. The van der Waals surface area contributed by atoms with E-state index in [2.05, 4.69) is 15.6 Å². The second kappa shape index (κ2) is 8.47. The molecule has 1 aromatic carbocycles. The molecule has 2 rings (SSSR count). The molecule has 2 aromatic rings. The number of rotatable bonds is 8. The minimum Gasteiger partial charge on any atom is -0.483 e. The van der Waals surface area contributed by atoms with Gasteiger partial charge in [-0.1, -0.05) is 12.1 Å². The van der Waals surface area contributed by atoms with Crippen molar-refractivity contribution in [2.45, 2.75) is 6.04 Å². The third-order valence-corrected chi connectivity index (χ3v) is 4.21. The number of para-hydroxylation sites is 1. The van der Waals surface area contributed by atoms with Crippen molar-refractivity contribution in [3.05, 3.63) is 52.2 Å². The summed E-state index contributed by atoms with van der Waals surface area (Å²) < 4.78 is 5.30. The van der Waals surface area contributed by atoms with Crippen LogP contribution in [-0.4, -0.2) is 44.0 Å². The van der Waals surface area contributed by atoms with Gasteiger partial charge in [0, 0.05) is 6.54 Å². The zero-order valence-electron chi connectivity index (χ0n) is 13.7. The van der Waals surface area contributed by atoms with E-state index in [1.54, 1.807) is 35.6 Å². The van der Waals surface area contributed by atoms with Crippen molar-refractivity contribution < 1.29 is 14.3 Å². The lowest BCUT2D eigenvalue weighted by Gasteiger charge is -2.24. The number of nitrogens with one attached hydrogen (secondary N) is 1. The van der Waals surface area contributed by atoms with Crippen LogP contribution in [0.25, 0.3) is 0 Å². The highest BCUT2D eigenvalue weighted by atomic mass is 32.1. The fourth-order valence-electron chi connectivity index (χ4n) is 2.28. The Morgan fingerprint density at radius 2 is 2.04 bits per heavy atom. The van der Waals surface area contributed by atoms with Gasteiger partial charge in [-0.15, -0.1) is 0 Å². The standard InChI is InChI=1S/C17H21N3O3S/c1-20(2)14(12-7-8-24-11-12)9-19-17(22)13-5-3-4-6-15(13)23-10-16(18)21/h3-8,11,14H,9-10H2,1-2H3,(H2,18,21)(H,19,22)/t14-/m0/s1. The van der Waals surface area contributed by atoms with Crippen molar-refractivity contribution in [2.75, 3.05) is 27.2 Å². The summed E-state index contributed by atoms with van der Waals surface area (Å²) in [5.41, 5.74) is 6.62. The van der Waals surface area contributed by atoms with Gasteiger partial charge in [-0.25, -0.2) is 0 Å². The lowest BCUT2D eigenvalue weighted by Crippen LogP contribution is -2.34. The molecule has 128 valence electrons. The molecular formula is C17H21N3O3S. The van der Waals surface area contributed by atoms with Gasteiger partial charge in [0.2, 0.25) is 0 Å². The van der Waals surface area contributed by atoms with E-state index in [1.807, 2.05) is 25.5 Å². The van der Waals surface area contributed by atoms with Gasteiger partial charge in [0.05, 0.1) is 11.6 Å². The summed E-state index contributed by atoms with van der Waals surface area (Å²) in [6.45, 7) is 0.201. The van der Waals surface area contributed by atoms with E-state index < -0.39 is 5.91 Å². The first-order chi connectivity index (χ1) is 11.5. The molecule has 0 aliphatic carbocycles. The largest absolute Gasteiger partial charge is 0.483 e. The molecule has 6 nitrogen and oxygen atoms in total. The monoisotopic (exact) mass is 347 g/mol. The molecular weight excluding hydrogens is 326 g/mol. The third-order valence-electron chi connectivity index (χ3n) is 3.51. The van der Waals surface area contributed by atoms with E-state index in [9.17, 15) is 9.59 Å². The van der Waals surface area contributed by atoms with Crippen LogP contribution in [0.3, 0.4) is 0 Å². The molecule has 0 saturated carbocycles. The van der Waals surface area contributed by atoms with Crippen LogP contribution < -0.4 is 15.8 Å². The molecule has 3 N–H and O–H groups in total. The Hall–Kier alpha value is -2.38. The zero-order valence-corrected chi connectivity index (χ0v) is 14.5. The summed E-state index contributed by atoms with van der Waals surface area (Å²) >= 11 is 1.62. The van der Waals surface area contributed by atoms with Gasteiger partial charge in [0.1, 0.15) is 5.75 Å². The smallest absolute Gasteiger partial charge is 0.255 e. The third kappa shape index (κ3) is 4.81. The molecule has 0 saturated heterocycles. The Balaban J connectivity index is 2.05. The fraction of sp³-hybridized carbons (Fsp3) is 0.294. The van der Waals surface area contributed by atoms with E-state index in [0.717, 1.165) is 5.56 Å². The molecule has 2 amide bonds. The van der Waals surface area contributed by atoms with E-state index in [4.69, 9.17) is 10.5 Å². The minimum absolute atomic E-state index is 0.0823. The second-order valence-corrected chi connectivity index (χ2v) is 6.28. The van der Waals surface area contributed by atoms with Crippen molar-refractivity contribution >= 4 is 23.2 Å². The van der Waals surface area contributed by atoms with Crippen LogP contribution in [0.1, 0.15) is 22.0 Å². The predicted molar refractivity (Wildman–Crippen MR) is 94.2 cm³/mol. The lowest BCUT2D eigenvalue weighted by molar-refractivity contribution is -0.119. The summed E-state index contributed by atoms with van der Waals surface area (Å²) in [6.07, 6.45) is 0. The topological polar surface area (TPSA) is 84.7 Å². The molecule has 1 aromatic heterocycles. The van der Waals surface area contributed by atoms with Crippen LogP contribution in [0.15, 0.2) is 41.1 Å². The average Bonchev–Trinajstić information content (AvgIpc) is 3.07. The van der Waals surface area contributed by atoms with Gasteiger partial charge >= 0.3 is 0 Å². The van der Waals surface area contributed by atoms with Gasteiger partial charge in [-0.05, 0) is 48.6 Å². The van der Waals surface area contributed by atoms with Gasteiger partial charge in [0.25, 0.3) is 11.8 Å². The minimum atomic E-state index is -0.588. The number of hydrogen-bond donors (Lipinski definition) is 2. The van der Waals surface area contributed by atoms with Crippen LogP contribution in [0, 0.1) is 0 Å². The number of carbonyl (C=O) groups is 2. The summed E-state index contributed by atoms with van der Waals surface area (Å²) in [6, 6.07) is 8.90. The first kappa shape index (κ1) is 18.0. The average molecular weight is 347 g/mol. The van der Waals surface area contributed by atoms with Gasteiger partial charge < -0.3 is 20.7 Å². The summed E-state index contributed by atoms with van der Waals surface area (Å²) in [4.78, 5) is 25.4. The molecule has 0 unspecified atom stereocenters. The SMILES string of the molecule is CN(C)[C@@H](CNC(=O)c1ccccc1OCC(N)=O)c1ccsc1. The highest BCUT2D eigenvalue weighted by molar-refractivity contribution is 7.07. The number of nitrogens with zero attached hydrogens (tertiary/aromatic N) is 1. The summed E-state index contributed by atoms with van der Waals surface area (Å²) in [5.74, 6) is -0.502. The highest BCUT2D eigenvalue weighted by Gasteiger charge is 2.18. The Morgan fingerprint density at radius 1 is 1.29 bits per heavy atom. The molecule has 0 radical (unpaired) electrons. The summed E-state index contributed by atoms with van der Waals surface area (Å²) in [5, 5.41) is 7.01. The van der Waals surface area contributed by atoms with E-state index in [-0.39, 0.29) is 18.6 Å². The number of thiophene rings is 1. The number of likely N-dealkylation sites (N-methyl/N-ethyl adjacent to an activating group) is 1. The maximum atomic E-state index is 12.5. The van der Waals surface area contributed by atoms with Gasteiger partial charge in [-0.2, -0.15) is 11.3 Å². The van der Waals surface area contributed by atoms with Crippen molar-refractivity contribution in [2.24, 2.45) is 5.73 Å². The quantitative estimate of drug-likeness (QED) is 0.760. The maximum Gasteiger partial charge on any atom is 0.255 e. The van der Waals surface area contributed by atoms with Crippen LogP contribution in [-0.2, 0) is 4.79 Å². The van der Waals surface area contributed by atoms with Crippen molar-refractivity contribution in [3.63, 3.8) is 0 Å². The molecule has 0 aliphatic rings. The zero-order chi connectivity index (χ0) is 17.5. The van der Waals surface area contributed by atoms with Crippen molar-refractivity contribution in [3.8, 4) is 5.75 Å². The van der Waals surface area contributed by atoms with Crippen LogP contribution in [0.2, 0.25) is 0 Å². The van der Waals surface area contributed by atoms with Crippen molar-refractivity contribution in [1.29, 1.82) is 0 Å². The number of primary amides is 1. The summed E-state index contributed by atoms with van der Waals surface area (Å²) in [7, 11) is 3.94. The molecule has 7 heteroatoms. The Labute approximate surface area is 145 Å². The number of ether oxygens (including phenoxy) is 1. The fourth-order valence-corrected chi connectivity index (χ4v) is 2.98. The molecule has 0 spiro atoms. The van der Waals surface area contributed by atoms with E-state index >= 15 is 0 Å². The lowest BCUT2D eigenvalue weighted by atomic mass is 10.1. The normalized spacial score (nSPS) is 12.0. The number of benzene rings is 1.